The van der Waals surface area contributed by atoms with Crippen molar-refractivity contribution in [1.29, 1.82) is 0 Å². The van der Waals surface area contributed by atoms with E-state index in [2.05, 4.69) is 43.0 Å². The zero-order valence-electron chi connectivity index (χ0n) is 11.6. The lowest BCUT2D eigenvalue weighted by atomic mass is 10.1. The molecule has 2 aromatic rings. The Morgan fingerprint density at radius 2 is 1.65 bits per heavy atom. The zero-order chi connectivity index (χ0) is 14.4. The Hall–Kier alpha value is -1.91. The molecule has 0 atom stereocenters. The quantitative estimate of drug-likeness (QED) is 0.643. The molecule has 0 unspecified atom stereocenters. The summed E-state index contributed by atoms with van der Waals surface area (Å²) in [4.78, 5) is 0. The van der Waals surface area contributed by atoms with Gasteiger partial charge in [-0.2, -0.15) is 0 Å². The summed E-state index contributed by atoms with van der Waals surface area (Å²) in [6.45, 7) is 2.21. The van der Waals surface area contributed by atoms with E-state index in [0.29, 0.717) is 10.7 Å². The third kappa shape index (κ3) is 4.05. The minimum Gasteiger partial charge on any atom is -0.398 e. The molecular weight excluding hydrogens is 266 g/mol. The standard InChI is InChI=1S/C18H18ClN/c1-2-3-4-14-5-7-15(8-6-14)9-10-16-11-12-18(20)17(19)13-16/h5-8,11-13H,2-4,20H2,1H3. The fourth-order valence-corrected chi connectivity index (χ4v) is 2.07. The summed E-state index contributed by atoms with van der Waals surface area (Å²) < 4.78 is 0. The van der Waals surface area contributed by atoms with Gasteiger partial charge in [0.25, 0.3) is 0 Å². The van der Waals surface area contributed by atoms with Crippen LogP contribution in [-0.2, 0) is 6.42 Å². The summed E-state index contributed by atoms with van der Waals surface area (Å²) in [5.41, 5.74) is 9.51. The summed E-state index contributed by atoms with van der Waals surface area (Å²) in [5, 5.41) is 0.548. The van der Waals surface area contributed by atoms with Crippen LogP contribution in [0.15, 0.2) is 42.5 Å². The molecule has 2 heteroatoms. The first-order chi connectivity index (χ1) is 9.69. The van der Waals surface area contributed by atoms with Crippen molar-refractivity contribution >= 4 is 17.3 Å². The van der Waals surface area contributed by atoms with Crippen molar-refractivity contribution in [3.05, 3.63) is 64.2 Å². The summed E-state index contributed by atoms with van der Waals surface area (Å²) in [7, 11) is 0. The van der Waals surface area contributed by atoms with E-state index < -0.39 is 0 Å². The molecule has 0 amide bonds. The maximum absolute atomic E-state index is 5.97. The molecule has 0 heterocycles. The van der Waals surface area contributed by atoms with Crippen LogP contribution in [-0.4, -0.2) is 0 Å². The van der Waals surface area contributed by atoms with E-state index >= 15 is 0 Å². The number of nitrogens with two attached hydrogens (primary N) is 1. The van der Waals surface area contributed by atoms with E-state index in [1.54, 1.807) is 12.1 Å². The SMILES string of the molecule is CCCCc1ccc(C#Cc2ccc(N)c(Cl)c2)cc1. The Kier molecular flexibility index (Phi) is 5.09. The molecule has 102 valence electrons. The molecule has 0 aliphatic rings. The topological polar surface area (TPSA) is 26.0 Å². The maximum atomic E-state index is 5.97. The number of anilines is 1. The van der Waals surface area contributed by atoms with E-state index in [-0.39, 0.29) is 0 Å². The van der Waals surface area contributed by atoms with Gasteiger partial charge in [0.05, 0.1) is 10.7 Å². The van der Waals surface area contributed by atoms with Gasteiger partial charge in [0.2, 0.25) is 0 Å². The van der Waals surface area contributed by atoms with Crippen LogP contribution >= 0.6 is 11.6 Å². The predicted octanol–water partition coefficient (Wildman–Crippen LogP) is 4.66. The molecule has 1 nitrogen and oxygen atoms in total. The first-order valence-electron chi connectivity index (χ1n) is 6.85. The smallest absolute Gasteiger partial charge is 0.0647 e. The third-order valence-electron chi connectivity index (χ3n) is 3.12. The fourth-order valence-electron chi connectivity index (χ4n) is 1.88. The molecule has 20 heavy (non-hydrogen) atoms. The lowest BCUT2D eigenvalue weighted by Crippen LogP contribution is -1.86. The number of nitrogen functional groups attached to an aromatic ring is 1. The van der Waals surface area contributed by atoms with Crippen LogP contribution in [0.25, 0.3) is 0 Å². The number of aryl methyl sites for hydroxylation is 1. The Morgan fingerprint density at radius 1 is 1.00 bits per heavy atom. The molecule has 0 radical (unpaired) electrons. The van der Waals surface area contributed by atoms with E-state index in [1.165, 1.54) is 18.4 Å². The van der Waals surface area contributed by atoms with E-state index in [4.69, 9.17) is 17.3 Å². The van der Waals surface area contributed by atoms with Gasteiger partial charge in [0.15, 0.2) is 0 Å². The highest BCUT2D eigenvalue weighted by Gasteiger charge is 1.96. The van der Waals surface area contributed by atoms with Crippen molar-refractivity contribution < 1.29 is 0 Å². The van der Waals surface area contributed by atoms with Crippen molar-refractivity contribution in [2.45, 2.75) is 26.2 Å². The Morgan fingerprint density at radius 3 is 2.30 bits per heavy atom. The molecule has 2 N–H and O–H groups in total. The van der Waals surface area contributed by atoms with Crippen LogP contribution in [0.5, 0.6) is 0 Å². The molecule has 0 bridgehead atoms. The monoisotopic (exact) mass is 283 g/mol. The molecule has 0 spiro atoms. The van der Waals surface area contributed by atoms with Crippen LogP contribution in [0.1, 0.15) is 36.5 Å². The van der Waals surface area contributed by atoms with Crippen LogP contribution in [0.3, 0.4) is 0 Å². The number of hydrogen-bond donors (Lipinski definition) is 1. The number of benzene rings is 2. The van der Waals surface area contributed by atoms with Gasteiger partial charge in [-0.15, -0.1) is 0 Å². The van der Waals surface area contributed by atoms with Crippen LogP contribution in [0.4, 0.5) is 5.69 Å². The number of halogens is 1. The number of unbranched alkanes of at least 4 members (excludes halogenated alkanes) is 1. The second-order valence-corrected chi connectivity index (χ2v) is 5.19. The number of rotatable bonds is 3. The van der Waals surface area contributed by atoms with Crippen LogP contribution in [0.2, 0.25) is 5.02 Å². The highest BCUT2D eigenvalue weighted by Crippen LogP contribution is 2.19. The van der Waals surface area contributed by atoms with Gasteiger partial charge in [-0.25, -0.2) is 0 Å². The van der Waals surface area contributed by atoms with Gasteiger partial charge in [-0.3, -0.25) is 0 Å². The molecule has 2 rings (SSSR count). The minimum absolute atomic E-state index is 0.548. The largest absolute Gasteiger partial charge is 0.398 e. The first kappa shape index (κ1) is 14.5. The summed E-state index contributed by atoms with van der Waals surface area (Å²) in [5.74, 6) is 6.24. The lowest BCUT2D eigenvalue weighted by Gasteiger charge is -1.99. The zero-order valence-corrected chi connectivity index (χ0v) is 12.4. The van der Waals surface area contributed by atoms with E-state index in [9.17, 15) is 0 Å². The number of hydrogen-bond acceptors (Lipinski definition) is 1. The molecule has 0 aliphatic carbocycles. The molecule has 0 aromatic heterocycles. The fraction of sp³-hybridized carbons (Fsp3) is 0.222. The summed E-state index contributed by atoms with van der Waals surface area (Å²) in [6.07, 6.45) is 3.59. The minimum atomic E-state index is 0.548. The van der Waals surface area contributed by atoms with Gasteiger partial charge in [0.1, 0.15) is 0 Å². The van der Waals surface area contributed by atoms with Crippen molar-refractivity contribution in [3.63, 3.8) is 0 Å². The van der Waals surface area contributed by atoms with Crippen LogP contribution < -0.4 is 5.73 Å². The second-order valence-electron chi connectivity index (χ2n) is 4.79. The molecular formula is C18H18ClN. The molecule has 0 saturated heterocycles. The third-order valence-corrected chi connectivity index (χ3v) is 3.45. The summed E-state index contributed by atoms with van der Waals surface area (Å²) in [6, 6.07) is 13.9. The maximum Gasteiger partial charge on any atom is 0.0647 e. The van der Waals surface area contributed by atoms with Crippen molar-refractivity contribution in [2.24, 2.45) is 0 Å². The molecule has 0 fully saturated rings. The van der Waals surface area contributed by atoms with E-state index in [0.717, 1.165) is 17.5 Å². The Bertz CT molecular complexity index is 633. The van der Waals surface area contributed by atoms with Crippen LogP contribution in [0, 0.1) is 11.8 Å². The Balaban J connectivity index is 2.10. The van der Waals surface area contributed by atoms with Gasteiger partial charge >= 0.3 is 0 Å². The van der Waals surface area contributed by atoms with E-state index in [1.807, 2.05) is 6.07 Å². The predicted molar refractivity (Wildman–Crippen MR) is 86.9 cm³/mol. The van der Waals surface area contributed by atoms with Gasteiger partial charge in [-0.1, -0.05) is 48.9 Å². The van der Waals surface area contributed by atoms with Gasteiger partial charge in [0, 0.05) is 11.1 Å². The molecule has 2 aromatic carbocycles. The summed E-state index contributed by atoms with van der Waals surface area (Å²) >= 11 is 5.97. The van der Waals surface area contributed by atoms with Gasteiger partial charge < -0.3 is 5.73 Å². The lowest BCUT2D eigenvalue weighted by molar-refractivity contribution is 0.795. The average molecular weight is 284 g/mol. The highest BCUT2D eigenvalue weighted by atomic mass is 35.5. The van der Waals surface area contributed by atoms with Crippen molar-refractivity contribution in [2.75, 3.05) is 5.73 Å². The van der Waals surface area contributed by atoms with Crippen molar-refractivity contribution in [3.8, 4) is 11.8 Å². The van der Waals surface area contributed by atoms with Gasteiger partial charge in [-0.05, 0) is 48.7 Å². The highest BCUT2D eigenvalue weighted by molar-refractivity contribution is 6.33. The normalized spacial score (nSPS) is 9.90. The second kappa shape index (κ2) is 7.03. The molecule has 0 saturated carbocycles. The molecule has 0 aliphatic heterocycles. The van der Waals surface area contributed by atoms with Crippen molar-refractivity contribution in [1.82, 2.24) is 0 Å². The Labute approximate surface area is 125 Å². The first-order valence-corrected chi connectivity index (χ1v) is 7.23. The average Bonchev–Trinajstić information content (AvgIpc) is 2.47.